The SMILES string of the molecule is Cc1ccc(C(C)NC(=O)C2CCNC2)o1. The van der Waals surface area contributed by atoms with Crippen molar-refractivity contribution in [2.45, 2.75) is 26.3 Å². The number of hydrogen-bond acceptors (Lipinski definition) is 3. The number of furan rings is 1. The zero-order valence-corrected chi connectivity index (χ0v) is 9.75. The van der Waals surface area contributed by atoms with E-state index in [4.69, 9.17) is 4.42 Å². The predicted molar refractivity (Wildman–Crippen MR) is 61.0 cm³/mol. The Morgan fingerprint density at radius 1 is 1.62 bits per heavy atom. The van der Waals surface area contributed by atoms with Crippen LogP contribution in [-0.2, 0) is 4.79 Å². The zero-order chi connectivity index (χ0) is 11.5. The van der Waals surface area contributed by atoms with Gasteiger partial charge in [-0.05, 0) is 38.9 Å². The summed E-state index contributed by atoms with van der Waals surface area (Å²) in [6.45, 7) is 5.57. The fourth-order valence-corrected chi connectivity index (χ4v) is 1.97. The summed E-state index contributed by atoms with van der Waals surface area (Å²) in [4.78, 5) is 11.8. The van der Waals surface area contributed by atoms with E-state index in [1.807, 2.05) is 26.0 Å². The Morgan fingerprint density at radius 3 is 3.00 bits per heavy atom. The van der Waals surface area contributed by atoms with Crippen LogP contribution in [0.3, 0.4) is 0 Å². The topological polar surface area (TPSA) is 54.3 Å². The summed E-state index contributed by atoms with van der Waals surface area (Å²) in [5.74, 6) is 1.92. The van der Waals surface area contributed by atoms with Crippen molar-refractivity contribution >= 4 is 5.91 Å². The molecule has 1 amide bonds. The number of rotatable bonds is 3. The van der Waals surface area contributed by atoms with Crippen LogP contribution in [0.15, 0.2) is 16.5 Å². The monoisotopic (exact) mass is 222 g/mol. The van der Waals surface area contributed by atoms with Crippen LogP contribution in [0.2, 0.25) is 0 Å². The molecule has 4 nitrogen and oxygen atoms in total. The highest BCUT2D eigenvalue weighted by Gasteiger charge is 2.24. The Morgan fingerprint density at radius 2 is 2.44 bits per heavy atom. The maximum atomic E-state index is 11.8. The van der Waals surface area contributed by atoms with E-state index in [0.29, 0.717) is 0 Å². The Labute approximate surface area is 95.4 Å². The van der Waals surface area contributed by atoms with E-state index in [2.05, 4.69) is 10.6 Å². The van der Waals surface area contributed by atoms with Gasteiger partial charge in [0.1, 0.15) is 11.5 Å². The Bertz CT molecular complexity index is 367. The van der Waals surface area contributed by atoms with Gasteiger partial charge in [-0.15, -0.1) is 0 Å². The van der Waals surface area contributed by atoms with Crippen LogP contribution >= 0.6 is 0 Å². The van der Waals surface area contributed by atoms with E-state index in [-0.39, 0.29) is 17.9 Å². The van der Waals surface area contributed by atoms with Gasteiger partial charge in [-0.2, -0.15) is 0 Å². The second-order valence-electron chi connectivity index (χ2n) is 4.37. The third-order valence-corrected chi connectivity index (χ3v) is 2.98. The second-order valence-corrected chi connectivity index (χ2v) is 4.37. The third-order valence-electron chi connectivity index (χ3n) is 2.98. The predicted octanol–water partition coefficient (Wildman–Crippen LogP) is 1.37. The maximum absolute atomic E-state index is 11.8. The lowest BCUT2D eigenvalue weighted by atomic mass is 10.1. The van der Waals surface area contributed by atoms with Crippen molar-refractivity contribution < 1.29 is 9.21 Å². The quantitative estimate of drug-likeness (QED) is 0.812. The van der Waals surface area contributed by atoms with Gasteiger partial charge >= 0.3 is 0 Å². The average Bonchev–Trinajstić information content (AvgIpc) is 2.87. The van der Waals surface area contributed by atoms with Crippen molar-refractivity contribution in [2.75, 3.05) is 13.1 Å². The van der Waals surface area contributed by atoms with Crippen LogP contribution in [-0.4, -0.2) is 19.0 Å². The molecular weight excluding hydrogens is 204 g/mol. The normalized spacial score (nSPS) is 22.0. The first kappa shape index (κ1) is 11.2. The highest BCUT2D eigenvalue weighted by Crippen LogP contribution is 2.17. The molecule has 2 rings (SSSR count). The highest BCUT2D eigenvalue weighted by molar-refractivity contribution is 5.79. The molecule has 0 aromatic carbocycles. The van der Waals surface area contributed by atoms with Gasteiger partial charge in [0.05, 0.1) is 12.0 Å². The molecule has 0 aliphatic carbocycles. The van der Waals surface area contributed by atoms with Crippen LogP contribution < -0.4 is 10.6 Å². The first-order chi connectivity index (χ1) is 7.66. The van der Waals surface area contributed by atoms with Crippen molar-refractivity contribution in [3.63, 3.8) is 0 Å². The van der Waals surface area contributed by atoms with E-state index in [1.54, 1.807) is 0 Å². The van der Waals surface area contributed by atoms with Gasteiger partial charge in [-0.3, -0.25) is 4.79 Å². The van der Waals surface area contributed by atoms with Crippen molar-refractivity contribution in [1.29, 1.82) is 0 Å². The first-order valence-electron chi connectivity index (χ1n) is 5.74. The van der Waals surface area contributed by atoms with Crippen LogP contribution in [0.25, 0.3) is 0 Å². The van der Waals surface area contributed by atoms with Gasteiger partial charge < -0.3 is 15.1 Å². The van der Waals surface area contributed by atoms with Gasteiger partial charge in [0.2, 0.25) is 5.91 Å². The molecule has 2 N–H and O–H groups in total. The highest BCUT2D eigenvalue weighted by atomic mass is 16.3. The van der Waals surface area contributed by atoms with Crippen molar-refractivity contribution in [3.8, 4) is 0 Å². The molecule has 88 valence electrons. The largest absolute Gasteiger partial charge is 0.464 e. The number of carbonyl (C=O) groups excluding carboxylic acids is 1. The molecule has 0 radical (unpaired) electrons. The molecule has 1 aliphatic heterocycles. The van der Waals surface area contributed by atoms with Crippen LogP contribution in [0.5, 0.6) is 0 Å². The Kier molecular flexibility index (Phi) is 3.29. The summed E-state index contributed by atoms with van der Waals surface area (Å²) in [7, 11) is 0. The van der Waals surface area contributed by atoms with E-state index in [9.17, 15) is 4.79 Å². The maximum Gasteiger partial charge on any atom is 0.225 e. The molecule has 0 bridgehead atoms. The number of nitrogens with one attached hydrogen (secondary N) is 2. The summed E-state index contributed by atoms with van der Waals surface area (Å²) in [5, 5.41) is 6.16. The fourth-order valence-electron chi connectivity index (χ4n) is 1.97. The molecule has 1 aromatic rings. The van der Waals surface area contributed by atoms with Crippen molar-refractivity contribution in [1.82, 2.24) is 10.6 Å². The lowest BCUT2D eigenvalue weighted by Gasteiger charge is -2.14. The standard InChI is InChI=1S/C12H18N2O2/c1-8-3-4-11(16-8)9(2)14-12(15)10-5-6-13-7-10/h3-4,9-10,13H,5-7H2,1-2H3,(H,14,15). The van der Waals surface area contributed by atoms with Gasteiger partial charge in [-0.1, -0.05) is 0 Å². The smallest absolute Gasteiger partial charge is 0.225 e. The van der Waals surface area contributed by atoms with Gasteiger partial charge in [0.15, 0.2) is 0 Å². The molecule has 16 heavy (non-hydrogen) atoms. The zero-order valence-electron chi connectivity index (χ0n) is 9.75. The molecule has 2 atom stereocenters. The minimum absolute atomic E-state index is 0.0539. The van der Waals surface area contributed by atoms with Crippen molar-refractivity contribution in [2.24, 2.45) is 5.92 Å². The van der Waals surface area contributed by atoms with Crippen LogP contribution in [0.4, 0.5) is 0 Å². The minimum Gasteiger partial charge on any atom is -0.464 e. The molecule has 0 saturated carbocycles. The first-order valence-corrected chi connectivity index (χ1v) is 5.74. The third kappa shape index (κ3) is 2.44. The molecular formula is C12H18N2O2. The molecule has 4 heteroatoms. The molecule has 0 spiro atoms. The van der Waals surface area contributed by atoms with Crippen LogP contribution in [0.1, 0.15) is 30.9 Å². The number of carbonyl (C=O) groups is 1. The van der Waals surface area contributed by atoms with Crippen molar-refractivity contribution in [3.05, 3.63) is 23.7 Å². The summed E-state index contributed by atoms with van der Waals surface area (Å²) in [5.41, 5.74) is 0. The van der Waals surface area contributed by atoms with E-state index < -0.39 is 0 Å². The number of hydrogen-bond donors (Lipinski definition) is 2. The van der Waals surface area contributed by atoms with E-state index in [1.165, 1.54) is 0 Å². The Balaban J connectivity index is 1.91. The molecule has 2 unspecified atom stereocenters. The summed E-state index contributed by atoms with van der Waals surface area (Å²) in [6.07, 6.45) is 0.926. The second kappa shape index (κ2) is 4.70. The summed E-state index contributed by atoms with van der Waals surface area (Å²) < 4.78 is 5.48. The fraction of sp³-hybridized carbons (Fsp3) is 0.583. The Hall–Kier alpha value is -1.29. The molecule has 2 heterocycles. The van der Waals surface area contributed by atoms with E-state index in [0.717, 1.165) is 31.0 Å². The van der Waals surface area contributed by atoms with Gasteiger partial charge in [-0.25, -0.2) is 0 Å². The summed E-state index contributed by atoms with van der Waals surface area (Å²) in [6, 6.07) is 3.77. The average molecular weight is 222 g/mol. The van der Waals surface area contributed by atoms with E-state index >= 15 is 0 Å². The lowest BCUT2D eigenvalue weighted by molar-refractivity contribution is -0.125. The molecule has 1 aliphatic rings. The number of amides is 1. The molecule has 1 aromatic heterocycles. The minimum atomic E-state index is -0.0539. The summed E-state index contributed by atoms with van der Waals surface area (Å²) >= 11 is 0. The van der Waals surface area contributed by atoms with Crippen LogP contribution in [0, 0.1) is 12.8 Å². The molecule has 1 fully saturated rings. The van der Waals surface area contributed by atoms with Gasteiger partial charge in [0, 0.05) is 6.54 Å². The number of aryl methyl sites for hydroxylation is 1. The van der Waals surface area contributed by atoms with Gasteiger partial charge in [0.25, 0.3) is 0 Å². The molecule has 1 saturated heterocycles. The lowest BCUT2D eigenvalue weighted by Crippen LogP contribution is -2.33.